The largest absolute Gasteiger partial charge is 0.411 e. The number of Topliss-reactive ketones (excluding diaryl/α,β-unsaturated/α-hetero) is 1. The van der Waals surface area contributed by atoms with Crippen molar-refractivity contribution in [3.8, 4) is 11.5 Å². The van der Waals surface area contributed by atoms with Crippen molar-refractivity contribution in [2.75, 3.05) is 0 Å². The van der Waals surface area contributed by atoms with E-state index in [4.69, 9.17) is 16.0 Å². The zero-order valence-electron chi connectivity index (χ0n) is 13.2. The van der Waals surface area contributed by atoms with Gasteiger partial charge in [-0.15, -0.1) is 10.2 Å². The summed E-state index contributed by atoms with van der Waals surface area (Å²) in [5.41, 5.74) is 2.56. The smallest absolute Gasteiger partial charge is 0.277 e. The number of aromatic nitrogens is 2. The summed E-state index contributed by atoms with van der Waals surface area (Å²) < 4.78 is 5.69. The predicted octanol–water partition coefficient (Wildman–Crippen LogP) is 5.06. The normalized spacial score (nSPS) is 12.1. The molecule has 1 aromatic heterocycles. The molecule has 0 saturated carbocycles. The first-order valence-corrected chi connectivity index (χ1v) is 8.66. The molecule has 6 heteroatoms. The number of thioether (sulfide) groups is 1. The molecule has 4 nitrogen and oxygen atoms in total. The van der Waals surface area contributed by atoms with E-state index >= 15 is 0 Å². The second-order valence-corrected chi connectivity index (χ2v) is 7.05. The number of carbonyl (C=O) groups is 1. The number of halogens is 1. The zero-order chi connectivity index (χ0) is 17.1. The maximum Gasteiger partial charge on any atom is 0.277 e. The summed E-state index contributed by atoms with van der Waals surface area (Å²) >= 11 is 7.10. The van der Waals surface area contributed by atoms with E-state index in [0.29, 0.717) is 21.7 Å². The summed E-state index contributed by atoms with van der Waals surface area (Å²) in [7, 11) is 0. The first-order chi connectivity index (χ1) is 11.5. The molecule has 1 atom stereocenters. The van der Waals surface area contributed by atoms with Crippen molar-refractivity contribution in [2.24, 2.45) is 0 Å². The van der Waals surface area contributed by atoms with E-state index in [1.807, 2.05) is 38.1 Å². The van der Waals surface area contributed by atoms with E-state index in [-0.39, 0.29) is 11.0 Å². The first-order valence-electron chi connectivity index (χ1n) is 7.40. The van der Waals surface area contributed by atoms with Crippen LogP contribution in [0.5, 0.6) is 0 Å². The lowest BCUT2D eigenvalue weighted by molar-refractivity contribution is 0.0993. The zero-order valence-corrected chi connectivity index (χ0v) is 14.8. The number of carbonyl (C=O) groups excluding carboxylic acids is 1. The molecule has 0 amide bonds. The van der Waals surface area contributed by atoms with Gasteiger partial charge in [0.2, 0.25) is 5.89 Å². The van der Waals surface area contributed by atoms with Gasteiger partial charge in [0.15, 0.2) is 5.78 Å². The second-order valence-electron chi connectivity index (χ2n) is 5.32. The van der Waals surface area contributed by atoms with Crippen molar-refractivity contribution in [1.82, 2.24) is 10.2 Å². The van der Waals surface area contributed by atoms with Gasteiger partial charge < -0.3 is 4.42 Å². The van der Waals surface area contributed by atoms with E-state index in [1.54, 1.807) is 24.3 Å². The van der Waals surface area contributed by atoms with Crippen molar-refractivity contribution in [3.63, 3.8) is 0 Å². The number of aryl methyl sites for hydroxylation is 1. The number of hydrogen-bond acceptors (Lipinski definition) is 5. The van der Waals surface area contributed by atoms with Gasteiger partial charge in [-0.25, -0.2) is 0 Å². The lowest BCUT2D eigenvalue weighted by atomic mass is 10.1. The van der Waals surface area contributed by atoms with Crippen molar-refractivity contribution >= 4 is 29.1 Å². The average Bonchev–Trinajstić information content (AvgIpc) is 3.03. The van der Waals surface area contributed by atoms with Crippen LogP contribution in [-0.2, 0) is 0 Å². The van der Waals surface area contributed by atoms with Crippen LogP contribution in [0.1, 0.15) is 22.8 Å². The van der Waals surface area contributed by atoms with E-state index in [0.717, 1.165) is 11.1 Å². The van der Waals surface area contributed by atoms with E-state index < -0.39 is 0 Å². The van der Waals surface area contributed by atoms with Gasteiger partial charge in [-0.2, -0.15) is 0 Å². The van der Waals surface area contributed by atoms with Crippen LogP contribution in [-0.4, -0.2) is 21.2 Å². The van der Waals surface area contributed by atoms with E-state index in [1.165, 1.54) is 11.8 Å². The summed E-state index contributed by atoms with van der Waals surface area (Å²) in [5, 5.41) is 8.76. The molecule has 0 saturated heterocycles. The fourth-order valence-corrected chi connectivity index (χ4v) is 3.12. The van der Waals surface area contributed by atoms with E-state index in [2.05, 4.69) is 10.2 Å². The summed E-state index contributed by atoms with van der Waals surface area (Å²) in [4.78, 5) is 12.4. The van der Waals surface area contributed by atoms with Crippen LogP contribution < -0.4 is 0 Å². The number of rotatable bonds is 5. The highest BCUT2D eigenvalue weighted by atomic mass is 35.5. The minimum atomic E-state index is -0.337. The second kappa shape index (κ2) is 7.20. The standard InChI is InChI=1S/C18H15ClN2O2S/c1-11-5-3-4-6-15(11)17-20-21-18(23-17)24-12(2)16(22)13-7-9-14(19)10-8-13/h3-10,12H,1-2H3. The molecule has 0 N–H and O–H groups in total. The maximum atomic E-state index is 12.4. The minimum absolute atomic E-state index is 0.00712. The predicted molar refractivity (Wildman–Crippen MR) is 95.6 cm³/mol. The minimum Gasteiger partial charge on any atom is -0.411 e. The molecule has 0 aliphatic carbocycles. The molecule has 3 aromatic rings. The third-order valence-corrected chi connectivity index (χ3v) is 4.74. The van der Waals surface area contributed by atoms with Gasteiger partial charge in [0.25, 0.3) is 5.22 Å². The van der Waals surface area contributed by atoms with Crippen LogP contribution in [0.4, 0.5) is 0 Å². The quantitative estimate of drug-likeness (QED) is 0.471. The molecular weight excluding hydrogens is 344 g/mol. The number of hydrogen-bond donors (Lipinski definition) is 0. The molecule has 0 radical (unpaired) electrons. The Kier molecular flexibility index (Phi) is 5.02. The molecule has 122 valence electrons. The van der Waals surface area contributed by atoms with Gasteiger partial charge in [0, 0.05) is 16.1 Å². The van der Waals surface area contributed by atoms with Crippen LogP contribution >= 0.6 is 23.4 Å². The first kappa shape index (κ1) is 16.7. The van der Waals surface area contributed by atoms with Crippen molar-refractivity contribution in [1.29, 1.82) is 0 Å². The molecule has 0 bridgehead atoms. The molecule has 0 aliphatic heterocycles. The molecule has 2 aromatic carbocycles. The molecular formula is C18H15ClN2O2S. The Morgan fingerprint density at radius 2 is 1.83 bits per heavy atom. The Labute approximate surface area is 149 Å². The molecule has 24 heavy (non-hydrogen) atoms. The monoisotopic (exact) mass is 358 g/mol. The van der Waals surface area contributed by atoms with E-state index in [9.17, 15) is 4.79 Å². The fraction of sp³-hybridized carbons (Fsp3) is 0.167. The number of benzene rings is 2. The molecule has 0 spiro atoms. The molecule has 1 heterocycles. The van der Waals surface area contributed by atoms with Gasteiger partial charge in [-0.3, -0.25) is 4.79 Å². The van der Waals surface area contributed by atoms with Crippen molar-refractivity contribution in [3.05, 3.63) is 64.7 Å². The number of ketones is 1. The van der Waals surface area contributed by atoms with Gasteiger partial charge >= 0.3 is 0 Å². The van der Waals surface area contributed by atoms with Crippen LogP contribution in [0.2, 0.25) is 5.02 Å². The van der Waals surface area contributed by atoms with Crippen LogP contribution in [0.15, 0.2) is 58.2 Å². The van der Waals surface area contributed by atoms with Crippen molar-refractivity contribution in [2.45, 2.75) is 24.3 Å². The highest BCUT2D eigenvalue weighted by molar-refractivity contribution is 8.00. The molecule has 3 rings (SSSR count). The SMILES string of the molecule is Cc1ccccc1-c1nnc(SC(C)C(=O)c2ccc(Cl)cc2)o1. The van der Waals surface area contributed by atoms with Gasteiger partial charge in [-0.05, 0) is 49.7 Å². The van der Waals surface area contributed by atoms with Crippen LogP contribution in [0.25, 0.3) is 11.5 Å². The Morgan fingerprint density at radius 3 is 2.54 bits per heavy atom. The fourth-order valence-electron chi connectivity index (χ4n) is 2.23. The molecule has 0 aliphatic rings. The van der Waals surface area contributed by atoms with Gasteiger partial charge in [0.05, 0.1) is 5.25 Å². The molecule has 0 fully saturated rings. The lowest BCUT2D eigenvalue weighted by Crippen LogP contribution is -2.13. The third-order valence-electron chi connectivity index (χ3n) is 3.56. The Balaban J connectivity index is 1.73. The van der Waals surface area contributed by atoms with Crippen LogP contribution in [0.3, 0.4) is 0 Å². The Morgan fingerprint density at radius 1 is 1.12 bits per heavy atom. The lowest BCUT2D eigenvalue weighted by Gasteiger charge is -2.07. The number of nitrogens with zero attached hydrogens (tertiary/aromatic N) is 2. The topological polar surface area (TPSA) is 56.0 Å². The summed E-state index contributed by atoms with van der Waals surface area (Å²) in [6.07, 6.45) is 0. The molecule has 1 unspecified atom stereocenters. The maximum absolute atomic E-state index is 12.4. The summed E-state index contributed by atoms with van der Waals surface area (Å²) in [6.45, 7) is 3.80. The Hall–Kier alpha value is -2.11. The highest BCUT2D eigenvalue weighted by Gasteiger charge is 2.20. The summed E-state index contributed by atoms with van der Waals surface area (Å²) in [6, 6.07) is 14.6. The van der Waals surface area contributed by atoms with Crippen LogP contribution in [0, 0.1) is 6.92 Å². The average molecular weight is 359 g/mol. The third kappa shape index (κ3) is 3.68. The Bertz CT molecular complexity index is 861. The summed E-state index contributed by atoms with van der Waals surface area (Å²) in [5.74, 6) is 0.453. The highest BCUT2D eigenvalue weighted by Crippen LogP contribution is 2.29. The van der Waals surface area contributed by atoms with Crippen molar-refractivity contribution < 1.29 is 9.21 Å². The van der Waals surface area contributed by atoms with Gasteiger partial charge in [-0.1, -0.05) is 41.6 Å². The van der Waals surface area contributed by atoms with Gasteiger partial charge in [0.1, 0.15) is 0 Å².